The van der Waals surface area contributed by atoms with Crippen molar-refractivity contribution in [2.24, 2.45) is 29.1 Å². The van der Waals surface area contributed by atoms with Gasteiger partial charge in [-0.05, 0) is 107 Å². The minimum absolute atomic E-state index is 0.0319. The number of carbonyl (C=O) groups excluding carboxylic acids is 1. The molecule has 3 nitrogen and oxygen atoms in total. The van der Waals surface area contributed by atoms with Crippen molar-refractivity contribution in [1.29, 1.82) is 0 Å². The van der Waals surface area contributed by atoms with Crippen LogP contribution in [0.1, 0.15) is 66.2 Å². The van der Waals surface area contributed by atoms with Gasteiger partial charge >= 0.3 is 5.97 Å². The van der Waals surface area contributed by atoms with Gasteiger partial charge in [-0.25, -0.2) is 0 Å². The van der Waals surface area contributed by atoms with Crippen LogP contribution in [0.2, 0.25) is 0 Å². The van der Waals surface area contributed by atoms with Crippen molar-refractivity contribution in [3.8, 4) is 11.5 Å². The highest BCUT2D eigenvalue weighted by Gasteiger charge is 2.56. The van der Waals surface area contributed by atoms with Crippen LogP contribution in [-0.2, 0) is 4.79 Å². The van der Waals surface area contributed by atoms with Gasteiger partial charge in [0.15, 0.2) is 0 Å². The number of ether oxygens (including phenoxy) is 2. The molecule has 4 fully saturated rings. The second-order valence-electron chi connectivity index (χ2n) is 9.69. The molecule has 4 saturated carbocycles. The third-order valence-corrected chi connectivity index (χ3v) is 7.57. The Hall–Kier alpha value is -1.51. The van der Waals surface area contributed by atoms with Crippen molar-refractivity contribution in [2.45, 2.75) is 71.8 Å². The van der Waals surface area contributed by atoms with E-state index in [9.17, 15) is 4.79 Å². The van der Waals surface area contributed by atoms with Crippen LogP contribution < -0.4 is 9.47 Å². The van der Waals surface area contributed by atoms with Gasteiger partial charge < -0.3 is 9.47 Å². The zero-order chi connectivity index (χ0) is 18.5. The highest BCUT2D eigenvalue weighted by atomic mass is 16.5. The lowest BCUT2D eigenvalue weighted by Crippen LogP contribution is -2.59. The fourth-order valence-corrected chi connectivity index (χ4v) is 5.51. The van der Waals surface area contributed by atoms with E-state index in [2.05, 4.69) is 6.92 Å². The fourth-order valence-electron chi connectivity index (χ4n) is 5.51. The lowest BCUT2D eigenvalue weighted by Gasteiger charge is -2.59. The van der Waals surface area contributed by atoms with Gasteiger partial charge in [0.2, 0.25) is 0 Å². The van der Waals surface area contributed by atoms with Gasteiger partial charge in [0.05, 0.1) is 5.41 Å². The number of benzene rings is 1. The van der Waals surface area contributed by atoms with Gasteiger partial charge in [0, 0.05) is 0 Å². The van der Waals surface area contributed by atoms with E-state index in [4.69, 9.17) is 9.47 Å². The zero-order valence-electron chi connectivity index (χ0n) is 16.6. The van der Waals surface area contributed by atoms with Crippen molar-refractivity contribution in [1.82, 2.24) is 0 Å². The van der Waals surface area contributed by atoms with Gasteiger partial charge in [-0.3, -0.25) is 4.79 Å². The molecule has 5 rings (SSSR count). The van der Waals surface area contributed by atoms with Crippen LogP contribution in [0, 0.1) is 29.1 Å². The van der Waals surface area contributed by atoms with E-state index >= 15 is 0 Å². The van der Waals surface area contributed by atoms with Crippen LogP contribution in [0.3, 0.4) is 0 Å². The van der Waals surface area contributed by atoms with Gasteiger partial charge in [-0.1, -0.05) is 6.92 Å². The SMILES string of the molecule is CCC(C)(C)C(=O)Oc1ccc(OC2(C)C3CC4CC(C3)CC2C4)cc1. The number of esters is 1. The average molecular weight is 357 g/mol. The molecule has 142 valence electrons. The summed E-state index contributed by atoms with van der Waals surface area (Å²) in [5, 5.41) is 0. The molecule has 3 heteroatoms. The smallest absolute Gasteiger partial charge is 0.316 e. The standard InChI is InChI=1S/C23H32O3/c1-5-22(2,3)21(24)25-19-6-8-20(9-7-19)26-23(4)17-11-15-10-16(13-17)14-18(23)12-15/h6-9,15-18H,5,10-14H2,1-4H3. The summed E-state index contributed by atoms with van der Waals surface area (Å²) in [6.07, 6.45) is 7.57. The quantitative estimate of drug-likeness (QED) is 0.507. The molecule has 4 bridgehead atoms. The molecule has 0 radical (unpaired) electrons. The maximum absolute atomic E-state index is 12.2. The Balaban J connectivity index is 1.44. The van der Waals surface area contributed by atoms with Gasteiger partial charge in [-0.15, -0.1) is 0 Å². The second kappa shape index (κ2) is 6.28. The summed E-state index contributed by atoms with van der Waals surface area (Å²) in [6, 6.07) is 7.63. The van der Waals surface area contributed by atoms with Crippen LogP contribution >= 0.6 is 0 Å². The maximum atomic E-state index is 12.2. The first-order valence-electron chi connectivity index (χ1n) is 10.3. The molecule has 26 heavy (non-hydrogen) atoms. The van der Waals surface area contributed by atoms with E-state index in [1.165, 1.54) is 32.1 Å². The van der Waals surface area contributed by atoms with Crippen LogP contribution in [-0.4, -0.2) is 11.6 Å². The molecule has 0 saturated heterocycles. The van der Waals surface area contributed by atoms with E-state index in [1.807, 2.05) is 45.0 Å². The highest BCUT2D eigenvalue weighted by molar-refractivity contribution is 5.78. The lowest BCUT2D eigenvalue weighted by molar-refractivity contribution is -0.145. The predicted molar refractivity (Wildman–Crippen MR) is 102 cm³/mol. The van der Waals surface area contributed by atoms with E-state index in [1.54, 1.807) is 0 Å². The summed E-state index contributed by atoms with van der Waals surface area (Å²) in [7, 11) is 0. The van der Waals surface area contributed by atoms with Gasteiger partial charge in [0.25, 0.3) is 0 Å². The number of rotatable bonds is 5. The Kier molecular flexibility index (Phi) is 4.32. The molecule has 0 unspecified atom stereocenters. The van der Waals surface area contributed by atoms with Crippen LogP contribution in [0.15, 0.2) is 24.3 Å². The molecular weight excluding hydrogens is 324 g/mol. The summed E-state index contributed by atoms with van der Waals surface area (Å²) in [6.45, 7) is 8.17. The monoisotopic (exact) mass is 356 g/mol. The molecule has 0 aliphatic heterocycles. The third-order valence-electron chi connectivity index (χ3n) is 7.57. The Morgan fingerprint density at radius 2 is 1.50 bits per heavy atom. The summed E-state index contributed by atoms with van der Waals surface area (Å²) in [4.78, 5) is 12.2. The lowest BCUT2D eigenvalue weighted by atomic mass is 9.50. The van der Waals surface area contributed by atoms with Crippen molar-refractivity contribution >= 4 is 5.97 Å². The van der Waals surface area contributed by atoms with E-state index < -0.39 is 5.41 Å². The first-order valence-corrected chi connectivity index (χ1v) is 10.3. The Morgan fingerprint density at radius 1 is 1.00 bits per heavy atom. The molecule has 0 heterocycles. The Bertz CT molecular complexity index is 645. The molecule has 1 aromatic carbocycles. The van der Waals surface area contributed by atoms with Crippen molar-refractivity contribution in [3.05, 3.63) is 24.3 Å². The predicted octanol–water partition coefficient (Wildman–Crippen LogP) is 5.62. The number of carbonyl (C=O) groups is 1. The Morgan fingerprint density at radius 3 is 2.00 bits per heavy atom. The van der Waals surface area contributed by atoms with E-state index in [0.717, 1.165) is 24.0 Å². The van der Waals surface area contributed by atoms with Crippen molar-refractivity contribution in [2.75, 3.05) is 0 Å². The van der Waals surface area contributed by atoms with Crippen molar-refractivity contribution < 1.29 is 14.3 Å². The highest BCUT2D eigenvalue weighted by Crippen LogP contribution is 2.59. The summed E-state index contributed by atoms with van der Waals surface area (Å²) in [5.74, 6) is 4.59. The topological polar surface area (TPSA) is 35.5 Å². The zero-order valence-corrected chi connectivity index (χ0v) is 16.6. The van der Waals surface area contributed by atoms with E-state index in [0.29, 0.717) is 17.6 Å². The molecule has 0 N–H and O–H groups in total. The molecular formula is C23H32O3. The molecule has 4 aliphatic rings. The average Bonchev–Trinajstić information content (AvgIpc) is 2.61. The molecule has 0 spiro atoms. The molecule has 0 aromatic heterocycles. The maximum Gasteiger partial charge on any atom is 0.316 e. The van der Waals surface area contributed by atoms with Crippen LogP contribution in [0.4, 0.5) is 0 Å². The first-order chi connectivity index (χ1) is 12.3. The van der Waals surface area contributed by atoms with Crippen LogP contribution in [0.25, 0.3) is 0 Å². The fraction of sp³-hybridized carbons (Fsp3) is 0.696. The molecule has 0 atom stereocenters. The molecule has 0 amide bonds. The molecule has 4 aliphatic carbocycles. The van der Waals surface area contributed by atoms with Gasteiger partial charge in [-0.2, -0.15) is 0 Å². The Labute approximate surface area is 157 Å². The summed E-state index contributed by atoms with van der Waals surface area (Å²) >= 11 is 0. The minimum atomic E-state index is -0.455. The number of hydrogen-bond acceptors (Lipinski definition) is 3. The van der Waals surface area contributed by atoms with Crippen molar-refractivity contribution in [3.63, 3.8) is 0 Å². The molecule has 1 aromatic rings. The van der Waals surface area contributed by atoms with E-state index in [-0.39, 0.29) is 11.6 Å². The number of hydrogen-bond donors (Lipinski definition) is 0. The third kappa shape index (κ3) is 3.04. The summed E-state index contributed by atoms with van der Waals surface area (Å²) in [5.41, 5.74) is -0.487. The summed E-state index contributed by atoms with van der Waals surface area (Å²) < 4.78 is 12.1. The largest absolute Gasteiger partial charge is 0.487 e. The second-order valence-corrected chi connectivity index (χ2v) is 9.69. The first kappa shape index (κ1) is 17.9. The van der Waals surface area contributed by atoms with Gasteiger partial charge in [0.1, 0.15) is 17.1 Å². The van der Waals surface area contributed by atoms with Crippen LogP contribution in [0.5, 0.6) is 11.5 Å². The minimum Gasteiger partial charge on any atom is -0.487 e. The normalized spacial score (nSPS) is 35.4.